The Kier molecular flexibility index (Phi) is 14.4. The average Bonchev–Trinajstić information content (AvgIpc) is 4.01. The van der Waals surface area contributed by atoms with Crippen molar-refractivity contribution < 1.29 is 31.1 Å². The molecule has 2 atom stereocenters. The number of hydrogen-bond acceptors (Lipinski definition) is 13. The van der Waals surface area contributed by atoms with E-state index in [1.807, 2.05) is 50.5 Å². The Balaban J connectivity index is 0.984. The van der Waals surface area contributed by atoms with Gasteiger partial charge in [-0.1, -0.05) is 120 Å². The average molecular weight is 1090 g/mol. The lowest BCUT2D eigenvalue weighted by atomic mass is 9.82. The third kappa shape index (κ3) is 11.2. The Morgan fingerprint density at radius 3 is 1.28 bits per heavy atom. The van der Waals surface area contributed by atoms with E-state index >= 15 is 4.79 Å². The summed E-state index contributed by atoms with van der Waals surface area (Å²) in [4.78, 5) is 41.1. The summed E-state index contributed by atoms with van der Waals surface area (Å²) in [5.41, 5.74) is 5.27. The molecule has 0 aliphatic carbocycles. The summed E-state index contributed by atoms with van der Waals surface area (Å²) in [7, 11) is -4.50. The maximum absolute atomic E-state index is 15.5. The lowest BCUT2D eigenvalue weighted by Crippen LogP contribution is -2.19. The van der Waals surface area contributed by atoms with Gasteiger partial charge in [0.1, 0.15) is 33.9 Å². The molecule has 0 aliphatic heterocycles. The van der Waals surface area contributed by atoms with E-state index in [0.29, 0.717) is 56.7 Å². The molecule has 6 aromatic carbocycles. The fourth-order valence-electron chi connectivity index (χ4n) is 8.13. The summed E-state index contributed by atoms with van der Waals surface area (Å²) in [6.07, 6.45) is 13.2. The largest absolute Gasteiger partial charge is 0.437 e. The van der Waals surface area contributed by atoms with Crippen LogP contribution < -0.4 is 18.9 Å². The third-order valence-electron chi connectivity index (χ3n) is 12.0. The van der Waals surface area contributed by atoms with Crippen LogP contribution in [0.15, 0.2) is 193 Å². The summed E-state index contributed by atoms with van der Waals surface area (Å²) in [5.74, 6) is -0.556. The minimum atomic E-state index is -4.08. The number of ketones is 1. The molecule has 0 fully saturated rings. The highest BCUT2D eigenvalue weighted by molar-refractivity contribution is 7.93. The van der Waals surface area contributed by atoms with Crippen LogP contribution in [0.3, 0.4) is 0 Å². The maximum atomic E-state index is 15.5. The molecule has 2 N–H and O–H groups in total. The quantitative estimate of drug-likeness (QED) is 0.0819. The van der Waals surface area contributed by atoms with Gasteiger partial charge in [-0.3, -0.25) is 14.2 Å². The van der Waals surface area contributed by atoms with Crippen molar-refractivity contribution in [2.45, 2.75) is 21.6 Å². The van der Waals surface area contributed by atoms with E-state index in [2.05, 4.69) is 39.3 Å². The number of nitrogens with zero attached hydrogens (tertiary/aromatic N) is 8. The molecule has 21 heteroatoms. The molecule has 4 heterocycles. The number of hydrogen-bond donors (Lipinski definition) is 2. The monoisotopic (exact) mass is 1090 g/mol. The van der Waals surface area contributed by atoms with Gasteiger partial charge in [0.05, 0.1) is 34.5 Å². The summed E-state index contributed by atoms with van der Waals surface area (Å²) in [6.45, 7) is 0. The zero-order valence-corrected chi connectivity index (χ0v) is 43.3. The molecular formula is C55H42Cl2N10O7S2. The number of nitrogens with one attached hydrogen (secondary N) is 2. The van der Waals surface area contributed by atoms with Gasteiger partial charge in [0.2, 0.25) is 0 Å². The number of allylic oxidation sites excluding steroid dienone is 2. The van der Waals surface area contributed by atoms with E-state index in [1.54, 1.807) is 131 Å². The Labute approximate surface area is 446 Å². The molecule has 0 saturated carbocycles. The summed E-state index contributed by atoms with van der Waals surface area (Å²) in [5, 5.41) is 0.119. The van der Waals surface area contributed by atoms with Gasteiger partial charge < -0.3 is 18.6 Å². The number of sulfonamides is 2. The van der Waals surface area contributed by atoms with Crippen molar-refractivity contribution in [2.75, 3.05) is 9.44 Å². The molecule has 380 valence electrons. The van der Waals surface area contributed by atoms with Crippen LogP contribution in [0.4, 0.5) is 11.4 Å². The Morgan fingerprint density at radius 1 is 0.513 bits per heavy atom. The van der Waals surface area contributed by atoms with Crippen LogP contribution in [0.5, 0.6) is 23.3 Å². The number of benzene rings is 6. The SMILES string of the molecule is Cn1cnc2c(Oc3ccc(/C=C/C(C(=O)C(/C=C/c4ccc(Oc5ncnc6c5ncn6C)cc4)c4ccc(NS(=O)(=O)c5ccccc5Cl)cc4)c4ccc(NS(=O)(=O)c5ccccc5Cl)cc4)cc3)ncnc21. The number of aromatic nitrogens is 8. The van der Waals surface area contributed by atoms with Crippen molar-refractivity contribution in [3.05, 3.63) is 215 Å². The van der Waals surface area contributed by atoms with Gasteiger partial charge in [0.25, 0.3) is 31.8 Å². The number of carbonyl (C=O) groups excluding carboxylic acids is 1. The minimum Gasteiger partial charge on any atom is -0.437 e. The minimum absolute atomic E-state index is 0.0597. The number of fused-ring (bicyclic) bond motifs is 2. The number of carbonyl (C=O) groups is 1. The molecule has 0 saturated heterocycles. The summed E-state index contributed by atoms with van der Waals surface area (Å²) < 4.78 is 74.6. The second kappa shape index (κ2) is 21.6. The van der Waals surface area contributed by atoms with Crippen LogP contribution in [0.2, 0.25) is 10.0 Å². The number of imidazole rings is 2. The van der Waals surface area contributed by atoms with Gasteiger partial charge in [0, 0.05) is 25.5 Å². The molecule has 10 aromatic rings. The van der Waals surface area contributed by atoms with E-state index in [-0.39, 0.29) is 37.0 Å². The predicted molar refractivity (Wildman–Crippen MR) is 292 cm³/mol. The van der Waals surface area contributed by atoms with E-state index in [4.69, 9.17) is 32.7 Å². The molecule has 10 rings (SSSR count). The number of rotatable bonds is 18. The first-order valence-corrected chi connectivity index (χ1v) is 26.9. The van der Waals surface area contributed by atoms with Crippen LogP contribution in [0, 0.1) is 0 Å². The molecule has 0 bridgehead atoms. The molecule has 0 aliphatic rings. The molecule has 0 spiro atoms. The zero-order valence-electron chi connectivity index (χ0n) is 40.1. The Morgan fingerprint density at radius 2 is 0.895 bits per heavy atom. The number of anilines is 2. The van der Waals surface area contributed by atoms with Crippen LogP contribution in [-0.4, -0.2) is 61.7 Å². The second-order valence-electron chi connectivity index (χ2n) is 17.1. The van der Waals surface area contributed by atoms with Gasteiger partial charge in [-0.25, -0.2) is 36.8 Å². The van der Waals surface area contributed by atoms with Gasteiger partial charge in [0.15, 0.2) is 28.1 Å². The van der Waals surface area contributed by atoms with Crippen molar-refractivity contribution in [3.63, 3.8) is 0 Å². The number of Topliss-reactive ketones (excluding diaryl/α,β-unsaturated/α-hetero) is 1. The van der Waals surface area contributed by atoms with E-state index in [0.717, 1.165) is 11.1 Å². The third-order valence-corrected chi connectivity index (χ3v) is 15.8. The second-order valence-corrected chi connectivity index (χ2v) is 21.3. The molecule has 2 unspecified atom stereocenters. The van der Waals surface area contributed by atoms with E-state index in [9.17, 15) is 16.8 Å². The van der Waals surface area contributed by atoms with E-state index < -0.39 is 31.9 Å². The van der Waals surface area contributed by atoms with Gasteiger partial charge in [-0.05, 0) is 95.1 Å². The first-order valence-electron chi connectivity index (χ1n) is 23.1. The first-order chi connectivity index (χ1) is 36.7. The van der Waals surface area contributed by atoms with E-state index in [1.165, 1.54) is 36.9 Å². The molecule has 17 nitrogen and oxygen atoms in total. The molecule has 76 heavy (non-hydrogen) atoms. The van der Waals surface area contributed by atoms with Gasteiger partial charge in [-0.2, -0.15) is 9.97 Å². The van der Waals surface area contributed by atoms with Crippen LogP contribution in [0.1, 0.15) is 34.1 Å². The lowest BCUT2D eigenvalue weighted by Gasteiger charge is -2.20. The predicted octanol–water partition coefficient (Wildman–Crippen LogP) is 11.4. The van der Waals surface area contributed by atoms with Crippen LogP contribution in [-0.2, 0) is 38.9 Å². The van der Waals surface area contributed by atoms with Crippen molar-refractivity contribution in [3.8, 4) is 23.3 Å². The molecule has 0 amide bonds. The number of halogens is 2. The first kappa shape index (κ1) is 50.8. The van der Waals surface area contributed by atoms with Crippen molar-refractivity contribution in [2.24, 2.45) is 14.1 Å². The normalized spacial score (nSPS) is 12.8. The molecule has 0 radical (unpaired) electrons. The smallest absolute Gasteiger partial charge is 0.263 e. The standard InChI is InChI=1S/C55H42Cl2N10O7S2/c1-66-33-62-49-52(66)58-31-60-54(49)73-41-25-11-35(12-26-41)15-29-43(37-17-21-39(22-18-37)64-75(69,70)47-9-5-3-7-45(47)56)51(68)44(38-19-23-40(24-20-38)65-76(71,72)48-10-6-4-8-46(48)57)30-16-36-13-27-42(28-14-36)74-55-50-53(59-32-61-55)67(2)34-63-50/h3-34,43-44,64-65H,1-2H3/b29-15+,30-16+. The zero-order chi connectivity index (χ0) is 53.0. The maximum Gasteiger partial charge on any atom is 0.263 e. The molecular weight excluding hydrogens is 1050 g/mol. The topological polar surface area (TPSA) is 215 Å². The van der Waals surface area contributed by atoms with Crippen LogP contribution in [0.25, 0.3) is 34.5 Å². The van der Waals surface area contributed by atoms with Crippen molar-refractivity contribution in [1.29, 1.82) is 0 Å². The highest BCUT2D eigenvalue weighted by Gasteiger charge is 2.28. The highest BCUT2D eigenvalue weighted by atomic mass is 35.5. The Bertz CT molecular complexity index is 3800. The summed E-state index contributed by atoms with van der Waals surface area (Å²) >= 11 is 12.5. The molecule has 4 aromatic heterocycles. The van der Waals surface area contributed by atoms with Gasteiger partial charge in [-0.15, -0.1) is 0 Å². The number of ether oxygens (including phenoxy) is 2. The summed E-state index contributed by atoms with van der Waals surface area (Å²) in [6, 6.07) is 39.6. The fourth-order valence-corrected chi connectivity index (χ4v) is 11.3. The Hall–Kier alpha value is -8.75. The van der Waals surface area contributed by atoms with Crippen molar-refractivity contribution in [1.82, 2.24) is 39.0 Å². The van der Waals surface area contributed by atoms with Crippen LogP contribution >= 0.6 is 23.2 Å². The van der Waals surface area contributed by atoms with Crippen molar-refractivity contribution >= 4 is 94.9 Å². The highest BCUT2D eigenvalue weighted by Crippen LogP contribution is 2.35. The van der Waals surface area contributed by atoms with Gasteiger partial charge >= 0.3 is 0 Å². The fraction of sp³-hybridized carbons (Fsp3) is 0.0727. The number of aryl methyl sites for hydroxylation is 2. The lowest BCUT2D eigenvalue weighted by molar-refractivity contribution is -0.120.